The van der Waals surface area contributed by atoms with Gasteiger partial charge < -0.3 is 19.7 Å². The Morgan fingerprint density at radius 2 is 2.04 bits per heavy atom. The molecule has 0 atom stereocenters. The van der Waals surface area contributed by atoms with Crippen molar-refractivity contribution in [1.29, 1.82) is 0 Å². The van der Waals surface area contributed by atoms with Gasteiger partial charge in [0.15, 0.2) is 0 Å². The standard InChI is InChI=1S/C20H23N3O3/c1-2-11-26-18-5-3-17(4-6-18)20(24)22-15-16-7-8-21-19(14-16)23-9-12-25-13-10-23/h2-8,14H,1,9-13,15H2,(H,22,24). The van der Waals surface area contributed by atoms with Crippen LogP contribution in [-0.2, 0) is 11.3 Å². The first-order valence-electron chi connectivity index (χ1n) is 8.66. The van der Waals surface area contributed by atoms with Crippen molar-refractivity contribution in [3.63, 3.8) is 0 Å². The Morgan fingerprint density at radius 1 is 1.27 bits per heavy atom. The Kier molecular flexibility index (Phi) is 6.22. The first-order valence-corrected chi connectivity index (χ1v) is 8.66. The number of aromatic nitrogens is 1. The predicted octanol–water partition coefficient (Wildman–Crippen LogP) is 2.41. The van der Waals surface area contributed by atoms with E-state index < -0.39 is 0 Å². The molecule has 1 aromatic carbocycles. The summed E-state index contributed by atoms with van der Waals surface area (Å²) in [6, 6.07) is 11.0. The van der Waals surface area contributed by atoms with Crippen LogP contribution in [0.2, 0.25) is 0 Å². The first kappa shape index (κ1) is 17.9. The van der Waals surface area contributed by atoms with E-state index in [0.717, 1.165) is 37.7 Å². The van der Waals surface area contributed by atoms with E-state index in [1.807, 2.05) is 12.1 Å². The Balaban J connectivity index is 1.56. The van der Waals surface area contributed by atoms with Gasteiger partial charge in [0.2, 0.25) is 0 Å². The van der Waals surface area contributed by atoms with Crippen LogP contribution in [0, 0.1) is 0 Å². The van der Waals surface area contributed by atoms with Gasteiger partial charge in [0.1, 0.15) is 18.2 Å². The molecule has 0 bridgehead atoms. The van der Waals surface area contributed by atoms with Crippen LogP contribution in [0.4, 0.5) is 5.82 Å². The number of benzene rings is 1. The van der Waals surface area contributed by atoms with E-state index in [4.69, 9.17) is 9.47 Å². The summed E-state index contributed by atoms with van der Waals surface area (Å²) in [6.07, 6.45) is 3.46. The number of pyridine rings is 1. The third-order valence-corrected chi connectivity index (χ3v) is 4.08. The molecule has 2 heterocycles. The summed E-state index contributed by atoms with van der Waals surface area (Å²) in [5.41, 5.74) is 1.61. The number of carbonyl (C=O) groups is 1. The molecule has 3 rings (SSSR count). The normalized spacial score (nSPS) is 13.9. The van der Waals surface area contributed by atoms with E-state index in [1.165, 1.54) is 0 Å². The van der Waals surface area contributed by atoms with Crippen molar-refractivity contribution in [2.24, 2.45) is 0 Å². The minimum atomic E-state index is -0.120. The Labute approximate surface area is 153 Å². The molecule has 6 heteroatoms. The van der Waals surface area contributed by atoms with Crippen molar-refractivity contribution in [1.82, 2.24) is 10.3 Å². The number of amides is 1. The highest BCUT2D eigenvalue weighted by molar-refractivity contribution is 5.94. The monoisotopic (exact) mass is 353 g/mol. The van der Waals surface area contributed by atoms with Gasteiger partial charge in [0.25, 0.3) is 5.91 Å². The lowest BCUT2D eigenvalue weighted by molar-refractivity contribution is 0.0951. The fraction of sp³-hybridized carbons (Fsp3) is 0.300. The van der Waals surface area contributed by atoms with E-state index in [0.29, 0.717) is 24.5 Å². The van der Waals surface area contributed by atoms with Gasteiger partial charge in [-0.25, -0.2) is 4.98 Å². The lowest BCUT2D eigenvalue weighted by atomic mass is 10.2. The first-order chi connectivity index (χ1) is 12.8. The number of hydrogen-bond donors (Lipinski definition) is 1. The molecule has 1 aliphatic rings. The lowest BCUT2D eigenvalue weighted by Gasteiger charge is -2.28. The van der Waals surface area contributed by atoms with Gasteiger partial charge in [0, 0.05) is 31.4 Å². The molecule has 1 N–H and O–H groups in total. The SMILES string of the molecule is C=CCOc1ccc(C(=O)NCc2ccnc(N3CCOCC3)c2)cc1. The van der Waals surface area contributed by atoms with Gasteiger partial charge in [-0.15, -0.1) is 0 Å². The van der Waals surface area contributed by atoms with Crippen LogP contribution < -0.4 is 15.0 Å². The summed E-state index contributed by atoms with van der Waals surface area (Å²) in [4.78, 5) is 18.9. The lowest BCUT2D eigenvalue weighted by Crippen LogP contribution is -2.36. The third kappa shape index (κ3) is 4.83. The highest BCUT2D eigenvalue weighted by Crippen LogP contribution is 2.15. The molecular formula is C20H23N3O3. The van der Waals surface area contributed by atoms with Crippen molar-refractivity contribution in [2.45, 2.75) is 6.54 Å². The van der Waals surface area contributed by atoms with Gasteiger partial charge >= 0.3 is 0 Å². The number of anilines is 1. The second kappa shape index (κ2) is 9.01. The minimum absolute atomic E-state index is 0.120. The Bertz CT molecular complexity index is 740. The molecule has 0 spiro atoms. The van der Waals surface area contributed by atoms with Gasteiger partial charge in [-0.1, -0.05) is 12.7 Å². The molecule has 0 aliphatic carbocycles. The van der Waals surface area contributed by atoms with E-state index >= 15 is 0 Å². The number of nitrogens with one attached hydrogen (secondary N) is 1. The molecule has 1 amide bonds. The van der Waals surface area contributed by atoms with Crippen LogP contribution in [0.1, 0.15) is 15.9 Å². The molecule has 1 fully saturated rings. The van der Waals surface area contributed by atoms with Crippen LogP contribution in [-0.4, -0.2) is 43.8 Å². The number of carbonyl (C=O) groups excluding carboxylic acids is 1. The average molecular weight is 353 g/mol. The van der Waals surface area contributed by atoms with Crippen LogP contribution in [0.15, 0.2) is 55.3 Å². The highest BCUT2D eigenvalue weighted by atomic mass is 16.5. The predicted molar refractivity (Wildman–Crippen MR) is 101 cm³/mol. The number of hydrogen-bond acceptors (Lipinski definition) is 5. The third-order valence-electron chi connectivity index (χ3n) is 4.08. The molecule has 1 aliphatic heterocycles. The van der Waals surface area contributed by atoms with Crippen LogP contribution in [0.5, 0.6) is 5.75 Å². The number of rotatable bonds is 7. The van der Waals surface area contributed by atoms with Crippen molar-refractivity contribution in [3.8, 4) is 5.75 Å². The second-order valence-corrected chi connectivity index (χ2v) is 5.93. The molecule has 0 saturated carbocycles. The fourth-order valence-electron chi connectivity index (χ4n) is 2.68. The van der Waals surface area contributed by atoms with E-state index in [-0.39, 0.29) is 5.91 Å². The molecule has 1 saturated heterocycles. The molecule has 26 heavy (non-hydrogen) atoms. The van der Waals surface area contributed by atoms with Crippen LogP contribution in [0.25, 0.3) is 0 Å². The highest BCUT2D eigenvalue weighted by Gasteiger charge is 2.13. The molecule has 2 aromatic rings. The number of morpholine rings is 1. The summed E-state index contributed by atoms with van der Waals surface area (Å²) in [7, 11) is 0. The largest absolute Gasteiger partial charge is 0.490 e. The molecule has 6 nitrogen and oxygen atoms in total. The maximum Gasteiger partial charge on any atom is 0.251 e. The van der Waals surface area contributed by atoms with E-state index in [9.17, 15) is 4.79 Å². The smallest absolute Gasteiger partial charge is 0.251 e. The van der Waals surface area contributed by atoms with Crippen molar-refractivity contribution in [3.05, 3.63) is 66.4 Å². The molecule has 1 aromatic heterocycles. The van der Waals surface area contributed by atoms with Gasteiger partial charge in [-0.3, -0.25) is 4.79 Å². The maximum absolute atomic E-state index is 12.3. The summed E-state index contributed by atoms with van der Waals surface area (Å²) in [5, 5.41) is 2.94. The molecular weight excluding hydrogens is 330 g/mol. The number of ether oxygens (including phenoxy) is 2. The zero-order valence-corrected chi connectivity index (χ0v) is 14.7. The van der Waals surface area contributed by atoms with Gasteiger partial charge in [-0.05, 0) is 42.0 Å². The van der Waals surface area contributed by atoms with Crippen LogP contribution >= 0.6 is 0 Å². The topological polar surface area (TPSA) is 63.7 Å². The fourth-order valence-corrected chi connectivity index (χ4v) is 2.68. The van der Waals surface area contributed by atoms with Crippen molar-refractivity contribution < 1.29 is 14.3 Å². The Morgan fingerprint density at radius 3 is 2.77 bits per heavy atom. The minimum Gasteiger partial charge on any atom is -0.490 e. The number of nitrogens with zero attached hydrogens (tertiary/aromatic N) is 2. The summed E-state index contributed by atoms with van der Waals surface area (Å²) < 4.78 is 10.8. The zero-order valence-electron chi connectivity index (χ0n) is 14.7. The van der Waals surface area contributed by atoms with Gasteiger partial charge in [0.05, 0.1) is 13.2 Å². The van der Waals surface area contributed by atoms with Crippen molar-refractivity contribution in [2.75, 3.05) is 37.8 Å². The Hall–Kier alpha value is -2.86. The summed E-state index contributed by atoms with van der Waals surface area (Å²) in [6.45, 7) is 7.61. The van der Waals surface area contributed by atoms with Gasteiger partial charge in [-0.2, -0.15) is 0 Å². The van der Waals surface area contributed by atoms with E-state index in [1.54, 1.807) is 36.5 Å². The zero-order chi connectivity index (χ0) is 18.2. The van der Waals surface area contributed by atoms with Crippen LogP contribution in [0.3, 0.4) is 0 Å². The van der Waals surface area contributed by atoms with Crippen molar-refractivity contribution >= 4 is 11.7 Å². The summed E-state index contributed by atoms with van der Waals surface area (Å²) >= 11 is 0. The molecule has 0 unspecified atom stereocenters. The maximum atomic E-state index is 12.3. The quantitative estimate of drug-likeness (QED) is 0.775. The second-order valence-electron chi connectivity index (χ2n) is 5.93. The molecule has 0 radical (unpaired) electrons. The summed E-state index contributed by atoms with van der Waals surface area (Å²) in [5.74, 6) is 1.51. The van der Waals surface area contributed by atoms with E-state index in [2.05, 4.69) is 21.8 Å². The molecule has 136 valence electrons. The average Bonchev–Trinajstić information content (AvgIpc) is 2.72.